The SMILES string of the molecule is N#CC([O-])C(C#N)C#N. The van der Waals surface area contributed by atoms with Gasteiger partial charge in [-0.3, -0.25) is 0 Å². The van der Waals surface area contributed by atoms with Crippen LogP contribution in [0.2, 0.25) is 0 Å². The Kier molecular flexibility index (Phi) is 2.84. The minimum absolute atomic E-state index is 1.27. The Bertz CT molecular complexity index is 190. The van der Waals surface area contributed by atoms with Gasteiger partial charge in [-0.2, -0.15) is 15.8 Å². The third kappa shape index (κ3) is 1.78. The Morgan fingerprint density at radius 1 is 1.00 bits per heavy atom. The van der Waals surface area contributed by atoms with Crippen molar-refractivity contribution in [3.63, 3.8) is 0 Å². The van der Waals surface area contributed by atoms with E-state index in [1.165, 1.54) is 18.2 Å². The Hall–Kier alpha value is -1.57. The standard InChI is InChI=1S/C5H2N3O/c6-1-4(2-7)5(9)3-8/h4-5H/q-1. The second-order valence-electron chi connectivity index (χ2n) is 1.29. The van der Waals surface area contributed by atoms with E-state index < -0.39 is 12.0 Å². The summed E-state index contributed by atoms with van der Waals surface area (Å²) in [5.41, 5.74) is 0. The van der Waals surface area contributed by atoms with Gasteiger partial charge >= 0.3 is 0 Å². The van der Waals surface area contributed by atoms with Gasteiger partial charge in [0.15, 0.2) is 0 Å². The second-order valence-corrected chi connectivity index (χ2v) is 1.29. The molecule has 1 unspecified atom stereocenters. The molecule has 0 saturated heterocycles. The lowest BCUT2D eigenvalue weighted by molar-refractivity contribution is -0.405. The zero-order chi connectivity index (χ0) is 7.28. The molecule has 0 aliphatic heterocycles. The molecular weight excluding hydrogens is 118 g/mol. The van der Waals surface area contributed by atoms with Crippen LogP contribution in [0.15, 0.2) is 0 Å². The van der Waals surface area contributed by atoms with E-state index in [1.54, 1.807) is 0 Å². The molecule has 0 fully saturated rings. The van der Waals surface area contributed by atoms with Crippen LogP contribution in [0.5, 0.6) is 0 Å². The van der Waals surface area contributed by atoms with Gasteiger partial charge in [-0.25, -0.2) is 0 Å². The quantitative estimate of drug-likeness (QED) is 0.439. The summed E-state index contributed by atoms with van der Waals surface area (Å²) in [5.74, 6) is -1.34. The molecule has 4 heteroatoms. The first-order valence-electron chi connectivity index (χ1n) is 2.11. The maximum absolute atomic E-state index is 10.3. The van der Waals surface area contributed by atoms with Gasteiger partial charge in [-0.1, -0.05) is 0 Å². The molecule has 0 saturated carbocycles. The summed E-state index contributed by atoms with van der Waals surface area (Å²) >= 11 is 0. The molecule has 0 heterocycles. The van der Waals surface area contributed by atoms with Gasteiger partial charge in [-0.15, -0.1) is 0 Å². The number of hydrogen-bond donors (Lipinski definition) is 0. The van der Waals surface area contributed by atoms with Gasteiger partial charge in [0.2, 0.25) is 0 Å². The van der Waals surface area contributed by atoms with Crippen molar-refractivity contribution in [1.29, 1.82) is 15.8 Å². The van der Waals surface area contributed by atoms with Crippen molar-refractivity contribution >= 4 is 0 Å². The Balaban J connectivity index is 4.08. The molecule has 0 bridgehead atoms. The first kappa shape index (κ1) is 7.43. The fourth-order valence-corrected chi connectivity index (χ4v) is 0.239. The van der Waals surface area contributed by atoms with E-state index in [2.05, 4.69) is 0 Å². The van der Waals surface area contributed by atoms with Crippen molar-refractivity contribution in [2.75, 3.05) is 0 Å². The van der Waals surface area contributed by atoms with Crippen molar-refractivity contribution in [3.8, 4) is 18.2 Å². The van der Waals surface area contributed by atoms with Crippen LogP contribution in [0.3, 0.4) is 0 Å². The third-order valence-electron chi connectivity index (χ3n) is 0.708. The largest absolute Gasteiger partial charge is 0.839 e. The van der Waals surface area contributed by atoms with Crippen molar-refractivity contribution in [2.24, 2.45) is 5.92 Å². The molecule has 0 aromatic carbocycles. The molecule has 0 spiro atoms. The molecular formula is C5H2N3O-. The maximum Gasteiger partial charge on any atom is 0.133 e. The highest BCUT2D eigenvalue weighted by Crippen LogP contribution is 1.94. The van der Waals surface area contributed by atoms with Gasteiger partial charge in [0, 0.05) is 6.07 Å². The highest BCUT2D eigenvalue weighted by atomic mass is 16.3. The van der Waals surface area contributed by atoms with Crippen LogP contribution in [-0.4, -0.2) is 6.10 Å². The van der Waals surface area contributed by atoms with E-state index in [1.807, 2.05) is 0 Å². The summed E-state index contributed by atoms with van der Waals surface area (Å²) in [6.07, 6.45) is -1.74. The van der Waals surface area contributed by atoms with Gasteiger partial charge in [-0.05, 0) is 6.10 Å². The fourth-order valence-electron chi connectivity index (χ4n) is 0.239. The van der Waals surface area contributed by atoms with E-state index >= 15 is 0 Å². The summed E-state index contributed by atoms with van der Waals surface area (Å²) in [4.78, 5) is 0. The topological polar surface area (TPSA) is 94.4 Å². The molecule has 44 valence electrons. The van der Waals surface area contributed by atoms with Gasteiger partial charge < -0.3 is 5.11 Å². The van der Waals surface area contributed by atoms with E-state index in [-0.39, 0.29) is 0 Å². The van der Waals surface area contributed by atoms with Crippen LogP contribution < -0.4 is 5.11 Å². The lowest BCUT2D eigenvalue weighted by atomic mass is 10.1. The summed E-state index contributed by atoms with van der Waals surface area (Å²) in [7, 11) is 0. The summed E-state index contributed by atoms with van der Waals surface area (Å²) in [6.45, 7) is 0. The molecule has 0 radical (unpaired) electrons. The average molecular weight is 120 g/mol. The van der Waals surface area contributed by atoms with Crippen molar-refractivity contribution in [1.82, 2.24) is 0 Å². The Morgan fingerprint density at radius 2 is 1.44 bits per heavy atom. The van der Waals surface area contributed by atoms with Crippen LogP contribution in [0.1, 0.15) is 0 Å². The molecule has 0 rings (SSSR count). The molecule has 9 heavy (non-hydrogen) atoms. The Labute approximate surface area is 52.2 Å². The van der Waals surface area contributed by atoms with Crippen LogP contribution >= 0.6 is 0 Å². The Morgan fingerprint density at radius 3 is 1.56 bits per heavy atom. The van der Waals surface area contributed by atoms with E-state index in [0.717, 1.165) is 0 Å². The van der Waals surface area contributed by atoms with Crippen LogP contribution in [0.4, 0.5) is 0 Å². The molecule has 0 aliphatic rings. The minimum atomic E-state index is -1.74. The monoisotopic (exact) mass is 120 g/mol. The van der Waals surface area contributed by atoms with Gasteiger partial charge in [0.25, 0.3) is 0 Å². The first-order chi connectivity index (χ1) is 4.26. The fraction of sp³-hybridized carbons (Fsp3) is 0.400. The number of hydrogen-bond acceptors (Lipinski definition) is 4. The molecule has 0 aromatic heterocycles. The van der Waals surface area contributed by atoms with E-state index in [9.17, 15) is 5.11 Å². The smallest absolute Gasteiger partial charge is 0.133 e. The van der Waals surface area contributed by atoms with Crippen LogP contribution in [-0.2, 0) is 0 Å². The predicted molar refractivity (Wildman–Crippen MR) is 24.1 cm³/mol. The molecule has 0 amide bonds. The van der Waals surface area contributed by atoms with Gasteiger partial charge in [0.1, 0.15) is 5.92 Å². The van der Waals surface area contributed by atoms with Crippen molar-refractivity contribution < 1.29 is 5.11 Å². The van der Waals surface area contributed by atoms with Crippen molar-refractivity contribution in [3.05, 3.63) is 0 Å². The normalized spacial score (nSPS) is 11.0. The highest BCUT2D eigenvalue weighted by Gasteiger charge is 2.07. The number of nitriles is 3. The predicted octanol–water partition coefficient (Wildman–Crippen LogP) is -1.10. The first-order valence-corrected chi connectivity index (χ1v) is 2.11. The maximum atomic E-state index is 10.3. The average Bonchev–Trinajstić information content (AvgIpc) is 1.90. The number of rotatable bonds is 1. The lowest BCUT2D eigenvalue weighted by Gasteiger charge is -2.10. The molecule has 1 atom stereocenters. The van der Waals surface area contributed by atoms with Gasteiger partial charge in [0.05, 0.1) is 12.1 Å². The zero-order valence-corrected chi connectivity index (χ0v) is 4.40. The molecule has 4 nitrogen and oxygen atoms in total. The third-order valence-corrected chi connectivity index (χ3v) is 0.708. The summed E-state index contributed by atoms with van der Waals surface area (Å²) in [5, 5.41) is 34.2. The minimum Gasteiger partial charge on any atom is -0.839 e. The van der Waals surface area contributed by atoms with Crippen molar-refractivity contribution in [2.45, 2.75) is 6.10 Å². The zero-order valence-electron chi connectivity index (χ0n) is 4.40. The van der Waals surface area contributed by atoms with E-state index in [4.69, 9.17) is 15.8 Å². The molecule has 0 N–H and O–H groups in total. The van der Waals surface area contributed by atoms with E-state index in [0.29, 0.717) is 0 Å². The second kappa shape index (κ2) is 3.43. The van der Waals surface area contributed by atoms with Crippen LogP contribution in [0.25, 0.3) is 0 Å². The molecule has 0 aliphatic carbocycles. The van der Waals surface area contributed by atoms with Crippen LogP contribution in [0, 0.1) is 39.9 Å². The molecule has 0 aromatic rings. The number of nitrogens with zero attached hydrogens (tertiary/aromatic N) is 3. The summed E-state index contributed by atoms with van der Waals surface area (Å²) in [6, 6.07) is 4.08. The lowest BCUT2D eigenvalue weighted by Crippen LogP contribution is -2.30. The summed E-state index contributed by atoms with van der Waals surface area (Å²) < 4.78 is 0. The highest BCUT2D eigenvalue weighted by molar-refractivity contribution is 5.08.